The monoisotopic (exact) mass is 271 g/mol. The van der Waals surface area contributed by atoms with E-state index in [-0.39, 0.29) is 11.9 Å². The number of anilines is 2. The van der Waals surface area contributed by atoms with E-state index in [2.05, 4.69) is 15.2 Å². The van der Waals surface area contributed by atoms with Gasteiger partial charge >= 0.3 is 0 Å². The molecule has 1 aromatic heterocycles. The van der Waals surface area contributed by atoms with Gasteiger partial charge in [-0.25, -0.2) is 4.98 Å². The van der Waals surface area contributed by atoms with Gasteiger partial charge in [-0.3, -0.25) is 4.79 Å². The molecular weight excluding hydrogens is 254 g/mol. The molecule has 2 fully saturated rings. The Kier molecular flexibility index (Phi) is 3.18. The molecule has 3 rings (SSSR count). The molecule has 6 heteroatoms. The molecule has 20 heavy (non-hydrogen) atoms. The van der Waals surface area contributed by atoms with E-state index in [0.29, 0.717) is 23.6 Å². The summed E-state index contributed by atoms with van der Waals surface area (Å²) in [6.07, 6.45) is 3.99. The maximum Gasteiger partial charge on any atom is 0.220 e. The Morgan fingerprint density at radius 3 is 3.10 bits per heavy atom. The first-order valence-corrected chi connectivity index (χ1v) is 6.87. The van der Waals surface area contributed by atoms with Crippen LogP contribution in [0.15, 0.2) is 12.3 Å². The van der Waals surface area contributed by atoms with Gasteiger partial charge in [0.05, 0.1) is 11.3 Å². The van der Waals surface area contributed by atoms with Crippen molar-refractivity contribution in [1.29, 1.82) is 5.26 Å². The van der Waals surface area contributed by atoms with Gasteiger partial charge < -0.3 is 16.0 Å². The molecule has 0 bridgehead atoms. The molecule has 0 saturated carbocycles. The third kappa shape index (κ3) is 2.27. The summed E-state index contributed by atoms with van der Waals surface area (Å²) in [5.74, 6) is 1.37. The maximum atomic E-state index is 11.4. The van der Waals surface area contributed by atoms with Crippen LogP contribution in [0.2, 0.25) is 0 Å². The van der Waals surface area contributed by atoms with E-state index in [4.69, 9.17) is 11.0 Å². The van der Waals surface area contributed by atoms with Crippen molar-refractivity contribution in [1.82, 2.24) is 10.3 Å². The standard InChI is InChI=1S/C14H17N5O/c15-6-9-5-11(16)14(17-7-9)19-4-3-12-10(8-19)1-2-13(20)18-12/h5,7,10,12H,1-4,8,16H2,(H,18,20). The first-order chi connectivity index (χ1) is 9.67. The summed E-state index contributed by atoms with van der Waals surface area (Å²) in [6.45, 7) is 1.68. The molecule has 0 spiro atoms. The van der Waals surface area contributed by atoms with Gasteiger partial charge in [-0.1, -0.05) is 0 Å². The fourth-order valence-corrected chi connectivity index (χ4v) is 3.10. The van der Waals surface area contributed by atoms with Gasteiger partial charge in [-0.2, -0.15) is 5.26 Å². The summed E-state index contributed by atoms with van der Waals surface area (Å²) < 4.78 is 0. The molecule has 2 saturated heterocycles. The highest BCUT2D eigenvalue weighted by Gasteiger charge is 2.34. The van der Waals surface area contributed by atoms with Crippen LogP contribution in [0.25, 0.3) is 0 Å². The van der Waals surface area contributed by atoms with Gasteiger partial charge in [0.2, 0.25) is 5.91 Å². The Morgan fingerprint density at radius 2 is 2.35 bits per heavy atom. The lowest BCUT2D eigenvalue weighted by molar-refractivity contribution is -0.124. The van der Waals surface area contributed by atoms with Gasteiger partial charge in [-0.15, -0.1) is 0 Å². The molecule has 0 radical (unpaired) electrons. The fourth-order valence-electron chi connectivity index (χ4n) is 3.10. The summed E-state index contributed by atoms with van der Waals surface area (Å²) >= 11 is 0. The zero-order valence-electron chi connectivity index (χ0n) is 11.2. The van der Waals surface area contributed by atoms with Crippen LogP contribution in [-0.2, 0) is 4.79 Å². The molecule has 0 aromatic carbocycles. The Morgan fingerprint density at radius 1 is 1.50 bits per heavy atom. The van der Waals surface area contributed by atoms with Gasteiger partial charge in [0.25, 0.3) is 0 Å². The number of carbonyl (C=O) groups is 1. The number of hydrogen-bond acceptors (Lipinski definition) is 5. The molecule has 1 amide bonds. The average Bonchev–Trinajstić information content (AvgIpc) is 2.46. The van der Waals surface area contributed by atoms with Crippen molar-refractivity contribution in [2.45, 2.75) is 25.3 Å². The van der Waals surface area contributed by atoms with E-state index in [9.17, 15) is 4.79 Å². The van der Waals surface area contributed by atoms with Gasteiger partial charge in [0, 0.05) is 31.7 Å². The van der Waals surface area contributed by atoms with Crippen molar-refractivity contribution < 1.29 is 4.79 Å². The molecule has 6 nitrogen and oxygen atoms in total. The van der Waals surface area contributed by atoms with E-state index in [1.54, 1.807) is 12.3 Å². The zero-order chi connectivity index (χ0) is 14.1. The highest BCUT2D eigenvalue weighted by atomic mass is 16.1. The lowest BCUT2D eigenvalue weighted by Crippen LogP contribution is -2.54. The fraction of sp³-hybridized carbons (Fsp3) is 0.500. The third-order valence-electron chi connectivity index (χ3n) is 4.15. The number of nitrogen functional groups attached to an aromatic ring is 1. The van der Waals surface area contributed by atoms with Crippen molar-refractivity contribution in [2.24, 2.45) is 5.92 Å². The summed E-state index contributed by atoms with van der Waals surface area (Å²) in [5.41, 5.74) is 7.01. The smallest absolute Gasteiger partial charge is 0.220 e. The normalized spacial score (nSPS) is 25.6. The second-order valence-corrected chi connectivity index (χ2v) is 5.46. The maximum absolute atomic E-state index is 11.4. The molecule has 2 atom stereocenters. The second-order valence-electron chi connectivity index (χ2n) is 5.46. The number of pyridine rings is 1. The number of piperidine rings is 2. The number of fused-ring (bicyclic) bond motifs is 1. The van der Waals surface area contributed by atoms with Crippen molar-refractivity contribution in [3.05, 3.63) is 17.8 Å². The molecule has 0 aliphatic carbocycles. The SMILES string of the molecule is N#Cc1cnc(N2CCC3NC(=O)CCC3C2)c(N)c1. The zero-order valence-corrected chi connectivity index (χ0v) is 11.2. The predicted octanol–water partition coefficient (Wildman–Crippen LogP) is 0.640. The Balaban J connectivity index is 1.76. The number of carbonyl (C=O) groups excluding carboxylic acids is 1. The average molecular weight is 271 g/mol. The van der Waals surface area contributed by atoms with E-state index < -0.39 is 0 Å². The van der Waals surface area contributed by atoms with Crippen LogP contribution < -0.4 is 16.0 Å². The summed E-state index contributed by atoms with van der Waals surface area (Å²) in [4.78, 5) is 17.9. The number of aromatic nitrogens is 1. The first kappa shape index (κ1) is 12.7. The molecule has 2 unspecified atom stereocenters. The summed E-state index contributed by atoms with van der Waals surface area (Å²) in [5, 5.41) is 11.9. The lowest BCUT2D eigenvalue weighted by atomic mass is 9.85. The van der Waals surface area contributed by atoms with E-state index >= 15 is 0 Å². The predicted molar refractivity (Wildman–Crippen MR) is 74.8 cm³/mol. The van der Waals surface area contributed by atoms with Gasteiger partial charge in [-0.05, 0) is 24.8 Å². The minimum Gasteiger partial charge on any atom is -0.396 e. The topological polar surface area (TPSA) is 95.0 Å². The van der Waals surface area contributed by atoms with Crippen LogP contribution in [0.4, 0.5) is 11.5 Å². The summed E-state index contributed by atoms with van der Waals surface area (Å²) in [6, 6.07) is 3.99. The van der Waals surface area contributed by atoms with Crippen molar-refractivity contribution in [3.63, 3.8) is 0 Å². The van der Waals surface area contributed by atoms with E-state index in [1.165, 1.54) is 0 Å². The largest absolute Gasteiger partial charge is 0.396 e. The van der Waals surface area contributed by atoms with Crippen molar-refractivity contribution in [3.8, 4) is 6.07 Å². The molecule has 3 heterocycles. The number of nitrogens with one attached hydrogen (secondary N) is 1. The van der Waals surface area contributed by atoms with Gasteiger partial charge in [0.1, 0.15) is 6.07 Å². The number of hydrogen-bond donors (Lipinski definition) is 2. The van der Waals surface area contributed by atoms with E-state index in [1.807, 2.05) is 6.07 Å². The number of nitrogens with two attached hydrogens (primary N) is 1. The molecule has 1 aromatic rings. The number of nitrogens with zero attached hydrogens (tertiary/aromatic N) is 3. The number of rotatable bonds is 1. The van der Waals surface area contributed by atoms with Crippen LogP contribution >= 0.6 is 0 Å². The number of nitriles is 1. The third-order valence-corrected chi connectivity index (χ3v) is 4.15. The quantitative estimate of drug-likeness (QED) is 0.781. The number of amides is 1. The molecule has 2 aliphatic heterocycles. The van der Waals surface area contributed by atoms with Crippen LogP contribution in [-0.4, -0.2) is 30.0 Å². The minimum atomic E-state index is 0.163. The van der Waals surface area contributed by atoms with Crippen molar-refractivity contribution >= 4 is 17.4 Å². The van der Waals surface area contributed by atoms with Crippen LogP contribution in [0.1, 0.15) is 24.8 Å². The minimum absolute atomic E-state index is 0.163. The molecular formula is C14H17N5O. The summed E-state index contributed by atoms with van der Waals surface area (Å²) in [7, 11) is 0. The molecule has 2 aliphatic rings. The first-order valence-electron chi connectivity index (χ1n) is 6.87. The van der Waals surface area contributed by atoms with Crippen LogP contribution in [0.5, 0.6) is 0 Å². The van der Waals surface area contributed by atoms with Crippen LogP contribution in [0.3, 0.4) is 0 Å². The van der Waals surface area contributed by atoms with E-state index in [0.717, 1.165) is 31.7 Å². The molecule has 104 valence electrons. The Labute approximate surface area is 117 Å². The van der Waals surface area contributed by atoms with Gasteiger partial charge in [0.15, 0.2) is 5.82 Å². The highest BCUT2D eigenvalue weighted by molar-refractivity contribution is 5.77. The van der Waals surface area contributed by atoms with Crippen LogP contribution in [0, 0.1) is 17.2 Å². The second kappa shape index (κ2) is 5.00. The highest BCUT2D eigenvalue weighted by Crippen LogP contribution is 2.30. The lowest BCUT2D eigenvalue weighted by Gasteiger charge is -2.42. The molecule has 3 N–H and O–H groups in total. The Hall–Kier alpha value is -2.29. The van der Waals surface area contributed by atoms with Crippen molar-refractivity contribution in [2.75, 3.05) is 23.7 Å². The Bertz CT molecular complexity index is 579.